The molecule has 0 bridgehead atoms. The van der Waals surface area contributed by atoms with E-state index in [0.717, 1.165) is 0 Å². The molecule has 3 rings (SSSR count). The SMILES string of the molecule is O=C(C=Cc1cccc([N+](=O)[O-])c1)Nc1ccc(NC(=O)c2ccccc2)cc1. The van der Waals surface area contributed by atoms with Crippen molar-refractivity contribution < 1.29 is 14.5 Å². The third kappa shape index (κ3) is 5.61. The van der Waals surface area contributed by atoms with E-state index in [1.807, 2.05) is 6.07 Å². The minimum atomic E-state index is -0.491. The third-order valence-corrected chi connectivity index (χ3v) is 3.95. The van der Waals surface area contributed by atoms with E-state index in [1.54, 1.807) is 60.7 Å². The van der Waals surface area contributed by atoms with Crippen molar-refractivity contribution in [2.75, 3.05) is 10.6 Å². The molecule has 2 amide bonds. The molecule has 0 aromatic heterocycles. The maximum absolute atomic E-state index is 12.1. The first-order valence-electron chi connectivity index (χ1n) is 8.71. The second-order valence-corrected chi connectivity index (χ2v) is 6.07. The minimum absolute atomic E-state index is 0.0410. The number of benzene rings is 3. The summed E-state index contributed by atoms with van der Waals surface area (Å²) in [5, 5.41) is 16.3. The Labute approximate surface area is 166 Å². The summed E-state index contributed by atoms with van der Waals surface area (Å²) in [6.07, 6.45) is 2.79. The van der Waals surface area contributed by atoms with Gasteiger partial charge >= 0.3 is 0 Å². The molecular formula is C22H17N3O4. The Hall–Kier alpha value is -4.26. The van der Waals surface area contributed by atoms with Crippen LogP contribution in [0.3, 0.4) is 0 Å². The highest BCUT2D eigenvalue weighted by molar-refractivity contribution is 6.05. The molecule has 2 N–H and O–H groups in total. The molecule has 29 heavy (non-hydrogen) atoms. The molecule has 0 heterocycles. The number of anilines is 2. The molecular weight excluding hydrogens is 370 g/mol. The fourth-order valence-corrected chi connectivity index (χ4v) is 2.53. The molecule has 0 radical (unpaired) electrons. The third-order valence-electron chi connectivity index (χ3n) is 3.95. The summed E-state index contributed by atoms with van der Waals surface area (Å²) in [4.78, 5) is 34.5. The van der Waals surface area contributed by atoms with Crippen molar-refractivity contribution in [1.82, 2.24) is 0 Å². The Balaban J connectivity index is 1.58. The summed E-state index contributed by atoms with van der Waals surface area (Å²) in [6, 6.07) is 21.5. The van der Waals surface area contributed by atoms with Gasteiger partial charge in [0, 0.05) is 35.1 Å². The molecule has 0 aliphatic carbocycles. The molecule has 0 saturated carbocycles. The van der Waals surface area contributed by atoms with Gasteiger partial charge in [-0.3, -0.25) is 19.7 Å². The summed E-state index contributed by atoms with van der Waals surface area (Å²) >= 11 is 0. The van der Waals surface area contributed by atoms with Gasteiger partial charge in [0.15, 0.2) is 0 Å². The Morgan fingerprint density at radius 1 is 0.828 bits per heavy atom. The van der Waals surface area contributed by atoms with Crippen molar-refractivity contribution in [3.63, 3.8) is 0 Å². The van der Waals surface area contributed by atoms with Crippen LogP contribution in [0.1, 0.15) is 15.9 Å². The number of nitrogens with one attached hydrogen (secondary N) is 2. The van der Waals surface area contributed by atoms with Gasteiger partial charge in [-0.05, 0) is 48.0 Å². The second kappa shape index (κ2) is 9.09. The molecule has 0 aliphatic rings. The predicted molar refractivity (Wildman–Crippen MR) is 112 cm³/mol. The normalized spacial score (nSPS) is 10.5. The van der Waals surface area contributed by atoms with Crippen LogP contribution in [0.25, 0.3) is 6.08 Å². The predicted octanol–water partition coefficient (Wildman–Crippen LogP) is 4.50. The summed E-state index contributed by atoms with van der Waals surface area (Å²) in [7, 11) is 0. The van der Waals surface area contributed by atoms with Crippen LogP contribution in [0.5, 0.6) is 0 Å². The van der Waals surface area contributed by atoms with Crippen molar-refractivity contribution in [1.29, 1.82) is 0 Å². The smallest absolute Gasteiger partial charge is 0.270 e. The molecule has 0 fully saturated rings. The van der Waals surface area contributed by atoms with Crippen LogP contribution in [0.15, 0.2) is 84.9 Å². The Morgan fingerprint density at radius 2 is 1.48 bits per heavy atom. The van der Waals surface area contributed by atoms with Gasteiger partial charge < -0.3 is 10.6 Å². The number of nitrogens with zero attached hydrogens (tertiary/aromatic N) is 1. The first-order valence-corrected chi connectivity index (χ1v) is 8.71. The average molecular weight is 387 g/mol. The van der Waals surface area contributed by atoms with Crippen molar-refractivity contribution in [2.45, 2.75) is 0 Å². The number of hydrogen-bond donors (Lipinski definition) is 2. The highest BCUT2D eigenvalue weighted by Crippen LogP contribution is 2.16. The maximum Gasteiger partial charge on any atom is 0.270 e. The average Bonchev–Trinajstić information content (AvgIpc) is 2.74. The van der Waals surface area contributed by atoms with Crippen LogP contribution in [0.4, 0.5) is 17.1 Å². The molecule has 3 aromatic rings. The topological polar surface area (TPSA) is 101 Å². The summed E-state index contributed by atoms with van der Waals surface area (Å²) in [5.41, 5.74) is 2.21. The zero-order valence-corrected chi connectivity index (χ0v) is 15.2. The Bertz CT molecular complexity index is 1060. The van der Waals surface area contributed by atoms with E-state index in [-0.39, 0.29) is 17.5 Å². The van der Waals surface area contributed by atoms with Crippen LogP contribution in [0.2, 0.25) is 0 Å². The molecule has 0 unspecified atom stereocenters. The van der Waals surface area contributed by atoms with E-state index in [0.29, 0.717) is 22.5 Å². The van der Waals surface area contributed by atoms with Crippen LogP contribution in [-0.4, -0.2) is 16.7 Å². The van der Waals surface area contributed by atoms with E-state index < -0.39 is 4.92 Å². The zero-order chi connectivity index (χ0) is 20.6. The lowest BCUT2D eigenvalue weighted by molar-refractivity contribution is -0.384. The van der Waals surface area contributed by atoms with Crippen molar-refractivity contribution >= 4 is 35.0 Å². The molecule has 0 aliphatic heterocycles. The minimum Gasteiger partial charge on any atom is -0.323 e. The number of nitro groups is 1. The zero-order valence-electron chi connectivity index (χ0n) is 15.2. The van der Waals surface area contributed by atoms with Crippen LogP contribution in [-0.2, 0) is 4.79 Å². The molecule has 144 valence electrons. The standard InChI is InChI=1S/C22H17N3O4/c26-21(14-9-16-5-4-8-20(15-16)25(28)29)23-18-10-12-19(13-11-18)24-22(27)17-6-2-1-3-7-17/h1-15H,(H,23,26)(H,24,27). The van der Waals surface area contributed by atoms with E-state index in [4.69, 9.17) is 0 Å². The first-order chi connectivity index (χ1) is 14.0. The fraction of sp³-hybridized carbons (Fsp3) is 0. The van der Waals surface area contributed by atoms with E-state index in [2.05, 4.69) is 10.6 Å². The quantitative estimate of drug-likeness (QED) is 0.369. The van der Waals surface area contributed by atoms with Gasteiger partial charge in [-0.25, -0.2) is 0 Å². The molecule has 0 spiro atoms. The van der Waals surface area contributed by atoms with E-state index >= 15 is 0 Å². The number of non-ortho nitro benzene ring substituents is 1. The number of carbonyl (C=O) groups excluding carboxylic acids is 2. The van der Waals surface area contributed by atoms with E-state index in [1.165, 1.54) is 24.3 Å². The van der Waals surface area contributed by atoms with Crippen molar-refractivity contribution in [2.24, 2.45) is 0 Å². The summed E-state index contributed by atoms with van der Waals surface area (Å²) in [6.45, 7) is 0. The van der Waals surface area contributed by atoms with Gasteiger partial charge in [0.05, 0.1) is 4.92 Å². The second-order valence-electron chi connectivity index (χ2n) is 6.07. The van der Waals surface area contributed by atoms with Gasteiger partial charge in [0.2, 0.25) is 5.91 Å². The monoisotopic (exact) mass is 387 g/mol. The van der Waals surface area contributed by atoms with Crippen molar-refractivity contribution in [3.8, 4) is 0 Å². The van der Waals surface area contributed by atoms with Gasteiger partial charge in [0.25, 0.3) is 11.6 Å². The lowest BCUT2D eigenvalue weighted by Crippen LogP contribution is -2.12. The maximum atomic E-state index is 12.1. The highest BCUT2D eigenvalue weighted by Gasteiger charge is 2.06. The highest BCUT2D eigenvalue weighted by atomic mass is 16.6. The number of rotatable bonds is 6. The Kier molecular flexibility index (Phi) is 6.12. The molecule has 3 aromatic carbocycles. The number of amides is 2. The summed E-state index contributed by atoms with van der Waals surface area (Å²) < 4.78 is 0. The van der Waals surface area contributed by atoms with Crippen LogP contribution >= 0.6 is 0 Å². The van der Waals surface area contributed by atoms with Gasteiger partial charge in [-0.2, -0.15) is 0 Å². The number of carbonyl (C=O) groups is 2. The molecule has 0 atom stereocenters. The lowest BCUT2D eigenvalue weighted by atomic mass is 10.2. The van der Waals surface area contributed by atoms with Gasteiger partial charge in [-0.1, -0.05) is 30.3 Å². The Morgan fingerprint density at radius 3 is 2.14 bits per heavy atom. The van der Waals surface area contributed by atoms with Crippen LogP contribution < -0.4 is 10.6 Å². The fourth-order valence-electron chi connectivity index (χ4n) is 2.53. The molecule has 0 saturated heterocycles. The molecule has 7 nitrogen and oxygen atoms in total. The molecule has 7 heteroatoms. The van der Waals surface area contributed by atoms with Gasteiger partial charge in [-0.15, -0.1) is 0 Å². The van der Waals surface area contributed by atoms with Crippen LogP contribution in [0, 0.1) is 10.1 Å². The largest absolute Gasteiger partial charge is 0.323 e. The van der Waals surface area contributed by atoms with Crippen molar-refractivity contribution in [3.05, 3.63) is 106 Å². The van der Waals surface area contributed by atoms with E-state index in [9.17, 15) is 19.7 Å². The summed E-state index contributed by atoms with van der Waals surface area (Å²) in [5.74, 6) is -0.597. The number of hydrogen-bond acceptors (Lipinski definition) is 4. The lowest BCUT2D eigenvalue weighted by Gasteiger charge is -2.07. The van der Waals surface area contributed by atoms with Gasteiger partial charge in [0.1, 0.15) is 0 Å². The first kappa shape index (κ1) is 19.5. The number of nitro benzene ring substituents is 1.